The highest BCUT2D eigenvalue weighted by Gasteiger charge is 2.38. The van der Waals surface area contributed by atoms with Gasteiger partial charge in [-0.05, 0) is 12.1 Å². The molecule has 1 aromatic rings. The third kappa shape index (κ3) is 3.16. The molecule has 2 amide bonds. The monoisotopic (exact) mass is 305 g/mol. The summed E-state index contributed by atoms with van der Waals surface area (Å²) in [5.74, 6) is -0.921. The number of benzene rings is 1. The van der Waals surface area contributed by atoms with Gasteiger partial charge in [0.15, 0.2) is 0 Å². The van der Waals surface area contributed by atoms with Crippen LogP contribution in [0.1, 0.15) is 16.8 Å². The lowest BCUT2D eigenvalue weighted by atomic mass is 10.2. The molecule has 110 valence electrons. The lowest BCUT2D eigenvalue weighted by Crippen LogP contribution is -2.31. The van der Waals surface area contributed by atoms with Crippen molar-refractivity contribution in [2.75, 3.05) is 13.7 Å². The normalized spacial score (nSPS) is 18.0. The molecule has 0 aromatic heterocycles. The molecule has 1 fully saturated rings. The van der Waals surface area contributed by atoms with Crippen LogP contribution in [0, 0.1) is 0 Å². The number of amides is 2. The van der Waals surface area contributed by atoms with Crippen LogP contribution in [-0.2, 0) is 14.3 Å². The minimum Gasteiger partial charge on any atom is -0.465 e. The van der Waals surface area contributed by atoms with Gasteiger partial charge in [-0.15, -0.1) is 18.3 Å². The molecule has 0 bridgehead atoms. The average Bonchev–Trinajstić information content (AvgIpc) is 2.75. The van der Waals surface area contributed by atoms with E-state index in [1.54, 1.807) is 24.3 Å². The van der Waals surface area contributed by atoms with Crippen LogP contribution in [0.5, 0.6) is 0 Å². The summed E-state index contributed by atoms with van der Waals surface area (Å²) in [6.07, 6.45) is 1.65. The van der Waals surface area contributed by atoms with Gasteiger partial charge in [0.25, 0.3) is 0 Å². The Hall–Kier alpha value is -2.08. The van der Waals surface area contributed by atoms with Crippen molar-refractivity contribution in [2.45, 2.75) is 16.6 Å². The number of ether oxygens (including phenoxy) is 1. The first-order valence-corrected chi connectivity index (χ1v) is 7.25. The summed E-state index contributed by atoms with van der Waals surface area (Å²) in [6, 6.07) is 6.88. The van der Waals surface area contributed by atoms with Crippen molar-refractivity contribution in [3.63, 3.8) is 0 Å². The van der Waals surface area contributed by atoms with Crippen molar-refractivity contribution in [1.29, 1.82) is 0 Å². The standard InChI is InChI=1S/C15H15NO4S/c1-3-8-16-13(17)9-12(14(16)18)21-11-7-5-4-6-10(11)15(19)20-2/h3-7,12H,1,8-9H2,2H3. The fraction of sp³-hybridized carbons (Fsp3) is 0.267. The molecule has 1 aliphatic heterocycles. The molecule has 0 aliphatic carbocycles. The first kappa shape index (κ1) is 15.3. The molecule has 1 aromatic carbocycles. The minimum atomic E-state index is -0.511. The maximum atomic E-state index is 12.2. The summed E-state index contributed by atoms with van der Waals surface area (Å²) in [7, 11) is 1.31. The van der Waals surface area contributed by atoms with Crippen molar-refractivity contribution in [1.82, 2.24) is 4.90 Å². The largest absolute Gasteiger partial charge is 0.465 e. The summed E-state index contributed by atoms with van der Waals surface area (Å²) in [4.78, 5) is 37.5. The number of carbonyl (C=O) groups excluding carboxylic acids is 3. The Kier molecular flexibility index (Phi) is 4.80. The maximum absolute atomic E-state index is 12.2. The minimum absolute atomic E-state index is 0.132. The Morgan fingerprint density at radius 3 is 2.86 bits per heavy atom. The zero-order chi connectivity index (χ0) is 15.4. The second-order valence-corrected chi connectivity index (χ2v) is 5.67. The van der Waals surface area contributed by atoms with E-state index in [0.717, 1.165) is 0 Å². The molecule has 1 atom stereocenters. The molecule has 0 saturated carbocycles. The zero-order valence-corrected chi connectivity index (χ0v) is 12.4. The number of hydrogen-bond acceptors (Lipinski definition) is 5. The molecular weight excluding hydrogens is 290 g/mol. The molecule has 0 radical (unpaired) electrons. The number of esters is 1. The smallest absolute Gasteiger partial charge is 0.338 e. The number of methoxy groups -OCH3 is 1. The van der Waals surface area contributed by atoms with Gasteiger partial charge in [-0.3, -0.25) is 14.5 Å². The van der Waals surface area contributed by atoms with Gasteiger partial charge < -0.3 is 4.74 Å². The van der Waals surface area contributed by atoms with Crippen LogP contribution in [0.15, 0.2) is 41.8 Å². The van der Waals surface area contributed by atoms with E-state index >= 15 is 0 Å². The van der Waals surface area contributed by atoms with Crippen molar-refractivity contribution >= 4 is 29.5 Å². The van der Waals surface area contributed by atoms with Gasteiger partial charge in [-0.2, -0.15) is 0 Å². The number of carbonyl (C=O) groups is 3. The van der Waals surface area contributed by atoms with Crippen molar-refractivity contribution < 1.29 is 19.1 Å². The summed E-state index contributed by atoms with van der Waals surface area (Å²) < 4.78 is 4.72. The Balaban J connectivity index is 2.20. The topological polar surface area (TPSA) is 63.7 Å². The predicted octanol–water partition coefficient (Wildman–Crippen LogP) is 1.88. The molecule has 1 aliphatic rings. The first-order valence-electron chi connectivity index (χ1n) is 6.37. The Labute approximate surface area is 127 Å². The van der Waals surface area contributed by atoms with Crippen LogP contribution < -0.4 is 0 Å². The zero-order valence-electron chi connectivity index (χ0n) is 11.6. The molecule has 2 rings (SSSR count). The van der Waals surface area contributed by atoms with E-state index in [4.69, 9.17) is 4.74 Å². The Morgan fingerprint density at radius 1 is 1.48 bits per heavy atom. The van der Waals surface area contributed by atoms with Gasteiger partial charge >= 0.3 is 5.97 Å². The average molecular weight is 305 g/mol. The van der Waals surface area contributed by atoms with Crippen molar-refractivity contribution in [3.8, 4) is 0 Å². The molecular formula is C15H15NO4S. The van der Waals surface area contributed by atoms with Crippen molar-refractivity contribution in [3.05, 3.63) is 42.5 Å². The molecule has 0 spiro atoms. The van der Waals surface area contributed by atoms with E-state index in [2.05, 4.69) is 6.58 Å². The molecule has 1 heterocycles. The number of nitrogens with zero attached hydrogens (tertiary/aromatic N) is 1. The van der Waals surface area contributed by atoms with E-state index < -0.39 is 11.2 Å². The first-order chi connectivity index (χ1) is 10.1. The summed E-state index contributed by atoms with van der Waals surface area (Å²) in [5, 5.41) is -0.511. The van der Waals surface area contributed by atoms with E-state index in [0.29, 0.717) is 10.5 Å². The van der Waals surface area contributed by atoms with Crippen LogP contribution in [0.2, 0.25) is 0 Å². The molecule has 1 saturated heterocycles. The van der Waals surface area contributed by atoms with E-state index in [1.807, 2.05) is 0 Å². The highest BCUT2D eigenvalue weighted by Crippen LogP contribution is 2.33. The van der Waals surface area contributed by atoms with Gasteiger partial charge in [-0.25, -0.2) is 4.79 Å². The molecule has 5 nitrogen and oxygen atoms in total. The van der Waals surface area contributed by atoms with Gasteiger partial charge in [0.1, 0.15) is 0 Å². The number of likely N-dealkylation sites (tertiary alicyclic amines) is 1. The lowest BCUT2D eigenvalue weighted by Gasteiger charge is -2.13. The third-order valence-corrected chi connectivity index (χ3v) is 4.34. The maximum Gasteiger partial charge on any atom is 0.338 e. The number of thioether (sulfide) groups is 1. The lowest BCUT2D eigenvalue weighted by molar-refractivity contribution is -0.137. The number of hydrogen-bond donors (Lipinski definition) is 0. The summed E-state index contributed by atoms with van der Waals surface area (Å²) in [6.45, 7) is 3.75. The molecule has 6 heteroatoms. The van der Waals surface area contributed by atoms with E-state index in [9.17, 15) is 14.4 Å². The van der Waals surface area contributed by atoms with E-state index in [-0.39, 0.29) is 24.8 Å². The van der Waals surface area contributed by atoms with Crippen LogP contribution in [0.4, 0.5) is 0 Å². The fourth-order valence-corrected chi connectivity index (χ4v) is 3.26. The fourth-order valence-electron chi connectivity index (χ4n) is 2.07. The highest BCUT2D eigenvalue weighted by molar-refractivity contribution is 8.00. The Morgan fingerprint density at radius 2 is 2.19 bits per heavy atom. The van der Waals surface area contributed by atoms with Gasteiger partial charge in [0, 0.05) is 17.9 Å². The summed E-state index contributed by atoms with van der Waals surface area (Å²) in [5.41, 5.74) is 0.396. The van der Waals surface area contributed by atoms with Crippen LogP contribution >= 0.6 is 11.8 Å². The quantitative estimate of drug-likeness (QED) is 0.472. The highest BCUT2D eigenvalue weighted by atomic mass is 32.2. The number of imide groups is 1. The Bertz CT molecular complexity index is 599. The third-order valence-electron chi connectivity index (χ3n) is 3.08. The van der Waals surface area contributed by atoms with Gasteiger partial charge in [0.2, 0.25) is 11.8 Å². The molecule has 0 N–H and O–H groups in total. The number of rotatable bonds is 5. The van der Waals surface area contributed by atoms with Gasteiger partial charge in [0.05, 0.1) is 17.9 Å². The van der Waals surface area contributed by atoms with Crippen LogP contribution in [0.25, 0.3) is 0 Å². The SMILES string of the molecule is C=CCN1C(=O)CC(Sc2ccccc2C(=O)OC)C1=O. The van der Waals surface area contributed by atoms with Crippen molar-refractivity contribution in [2.24, 2.45) is 0 Å². The second kappa shape index (κ2) is 6.58. The summed E-state index contributed by atoms with van der Waals surface area (Å²) >= 11 is 1.22. The van der Waals surface area contributed by atoms with E-state index in [1.165, 1.54) is 29.8 Å². The van der Waals surface area contributed by atoms with Gasteiger partial charge in [-0.1, -0.05) is 18.2 Å². The molecule has 21 heavy (non-hydrogen) atoms. The van der Waals surface area contributed by atoms with Crippen LogP contribution in [-0.4, -0.2) is 41.6 Å². The predicted molar refractivity (Wildman–Crippen MR) is 79.0 cm³/mol. The molecule has 1 unspecified atom stereocenters. The second-order valence-electron chi connectivity index (χ2n) is 4.43. The van der Waals surface area contributed by atoms with Crippen LogP contribution in [0.3, 0.4) is 0 Å².